The zero-order chi connectivity index (χ0) is 16.1. The fraction of sp³-hybridized carbons (Fsp3) is 0.368. The number of halogens is 1. The van der Waals surface area contributed by atoms with Gasteiger partial charge in [-0.2, -0.15) is 0 Å². The van der Waals surface area contributed by atoms with Crippen LogP contribution in [0.5, 0.6) is 5.75 Å². The average Bonchev–Trinajstić information content (AvgIpc) is 2.59. The molecule has 1 aliphatic heterocycles. The van der Waals surface area contributed by atoms with Crippen LogP contribution in [0.15, 0.2) is 48.5 Å². The molecule has 1 fully saturated rings. The molecule has 0 radical (unpaired) electrons. The van der Waals surface area contributed by atoms with Gasteiger partial charge in [-0.15, -0.1) is 0 Å². The minimum Gasteiger partial charge on any atom is -0.497 e. The van der Waals surface area contributed by atoms with Crippen LogP contribution in [0, 0.1) is 0 Å². The maximum absolute atomic E-state index is 6.22. The maximum Gasteiger partial charge on any atom is 0.119 e. The molecule has 0 spiro atoms. The van der Waals surface area contributed by atoms with Gasteiger partial charge < -0.3 is 10.1 Å². The quantitative estimate of drug-likeness (QED) is 0.878. The third kappa shape index (κ3) is 4.40. The molecule has 0 aliphatic carbocycles. The first-order chi connectivity index (χ1) is 11.2. The molecule has 1 N–H and O–H groups in total. The molecular formula is C19H23ClN2O. The van der Waals surface area contributed by atoms with Crippen LogP contribution in [0.2, 0.25) is 5.02 Å². The summed E-state index contributed by atoms with van der Waals surface area (Å²) >= 11 is 6.22. The summed E-state index contributed by atoms with van der Waals surface area (Å²) < 4.78 is 5.30. The van der Waals surface area contributed by atoms with Gasteiger partial charge in [0.1, 0.15) is 5.75 Å². The number of nitrogens with one attached hydrogen (secondary N) is 1. The molecular weight excluding hydrogens is 308 g/mol. The van der Waals surface area contributed by atoms with Gasteiger partial charge in [0.15, 0.2) is 0 Å². The van der Waals surface area contributed by atoms with Gasteiger partial charge in [-0.25, -0.2) is 0 Å². The minimum atomic E-state index is 0.497. The molecule has 1 heterocycles. The van der Waals surface area contributed by atoms with Crippen molar-refractivity contribution in [3.05, 3.63) is 59.1 Å². The van der Waals surface area contributed by atoms with E-state index in [0.29, 0.717) is 6.04 Å². The van der Waals surface area contributed by atoms with E-state index in [4.69, 9.17) is 16.3 Å². The second-order valence-electron chi connectivity index (χ2n) is 6.03. The molecule has 1 aliphatic rings. The molecule has 0 aromatic heterocycles. The third-order valence-corrected chi connectivity index (χ3v) is 4.69. The average molecular weight is 331 g/mol. The summed E-state index contributed by atoms with van der Waals surface area (Å²) in [5.74, 6) is 0.928. The number of ether oxygens (including phenoxy) is 1. The first kappa shape index (κ1) is 16.2. The number of piperidine rings is 1. The summed E-state index contributed by atoms with van der Waals surface area (Å²) in [4.78, 5) is 2.50. The Morgan fingerprint density at radius 1 is 1.13 bits per heavy atom. The van der Waals surface area contributed by atoms with Gasteiger partial charge in [0.25, 0.3) is 0 Å². The highest BCUT2D eigenvalue weighted by Gasteiger charge is 2.19. The lowest BCUT2D eigenvalue weighted by atomic mass is 10.0. The van der Waals surface area contributed by atoms with Crippen LogP contribution in [-0.2, 0) is 6.54 Å². The van der Waals surface area contributed by atoms with Crippen molar-refractivity contribution in [2.45, 2.75) is 25.4 Å². The van der Waals surface area contributed by atoms with Crippen molar-refractivity contribution in [3.63, 3.8) is 0 Å². The van der Waals surface area contributed by atoms with Gasteiger partial charge >= 0.3 is 0 Å². The number of likely N-dealkylation sites (tertiary alicyclic amines) is 1. The fourth-order valence-electron chi connectivity index (χ4n) is 3.06. The Bertz CT molecular complexity index is 639. The van der Waals surface area contributed by atoms with E-state index in [2.05, 4.69) is 28.4 Å². The standard InChI is InChI=1S/C19H23ClN2O/c1-23-17-6-4-5-15(13-17)14-22-11-9-16(10-12-22)21-19-8-3-2-7-18(19)20/h2-8,13,16,21H,9-12,14H2,1H3. The van der Waals surface area contributed by atoms with Crippen molar-refractivity contribution in [1.82, 2.24) is 4.90 Å². The summed E-state index contributed by atoms with van der Waals surface area (Å²) in [6, 6.07) is 16.8. The van der Waals surface area contributed by atoms with Crippen LogP contribution in [-0.4, -0.2) is 31.1 Å². The Hall–Kier alpha value is -1.71. The smallest absolute Gasteiger partial charge is 0.119 e. The van der Waals surface area contributed by atoms with Crippen molar-refractivity contribution >= 4 is 17.3 Å². The molecule has 122 valence electrons. The van der Waals surface area contributed by atoms with Crippen molar-refractivity contribution in [2.75, 3.05) is 25.5 Å². The molecule has 0 saturated carbocycles. The van der Waals surface area contributed by atoms with Crippen molar-refractivity contribution < 1.29 is 4.74 Å². The van der Waals surface area contributed by atoms with E-state index in [0.717, 1.165) is 48.9 Å². The predicted octanol–water partition coefficient (Wildman–Crippen LogP) is 4.43. The highest BCUT2D eigenvalue weighted by Crippen LogP contribution is 2.24. The number of hydrogen-bond acceptors (Lipinski definition) is 3. The molecule has 4 heteroatoms. The van der Waals surface area contributed by atoms with E-state index in [9.17, 15) is 0 Å². The molecule has 2 aromatic carbocycles. The van der Waals surface area contributed by atoms with Gasteiger partial charge in [-0.05, 0) is 42.7 Å². The molecule has 0 amide bonds. The Kier molecular flexibility index (Phi) is 5.42. The van der Waals surface area contributed by atoms with Crippen LogP contribution in [0.25, 0.3) is 0 Å². The summed E-state index contributed by atoms with van der Waals surface area (Å²) in [5.41, 5.74) is 2.35. The second-order valence-corrected chi connectivity index (χ2v) is 6.43. The van der Waals surface area contributed by atoms with Gasteiger partial charge in [0.2, 0.25) is 0 Å². The maximum atomic E-state index is 6.22. The van der Waals surface area contributed by atoms with Crippen molar-refractivity contribution in [1.29, 1.82) is 0 Å². The highest BCUT2D eigenvalue weighted by molar-refractivity contribution is 6.33. The molecule has 0 atom stereocenters. The zero-order valence-corrected chi connectivity index (χ0v) is 14.2. The first-order valence-electron chi connectivity index (χ1n) is 8.11. The van der Waals surface area contributed by atoms with Crippen LogP contribution in [0.1, 0.15) is 18.4 Å². The van der Waals surface area contributed by atoms with Crippen molar-refractivity contribution in [3.8, 4) is 5.75 Å². The lowest BCUT2D eigenvalue weighted by Crippen LogP contribution is -2.38. The summed E-state index contributed by atoms with van der Waals surface area (Å²) in [6.45, 7) is 3.18. The van der Waals surface area contributed by atoms with Gasteiger partial charge in [0, 0.05) is 25.7 Å². The molecule has 3 rings (SSSR count). The van der Waals surface area contributed by atoms with E-state index >= 15 is 0 Å². The summed E-state index contributed by atoms with van der Waals surface area (Å²) in [7, 11) is 1.71. The number of nitrogens with zero attached hydrogens (tertiary/aromatic N) is 1. The fourth-order valence-corrected chi connectivity index (χ4v) is 3.25. The Labute approximate surface area is 143 Å². The van der Waals surface area contributed by atoms with Crippen LogP contribution in [0.3, 0.4) is 0 Å². The number of methoxy groups -OCH3 is 1. The van der Waals surface area contributed by atoms with Gasteiger partial charge in [0.05, 0.1) is 17.8 Å². The van der Waals surface area contributed by atoms with Crippen LogP contribution >= 0.6 is 11.6 Å². The van der Waals surface area contributed by atoms with Gasteiger partial charge in [-0.1, -0.05) is 35.9 Å². The van der Waals surface area contributed by atoms with E-state index in [1.807, 2.05) is 30.3 Å². The Balaban J connectivity index is 1.51. The van der Waals surface area contributed by atoms with E-state index in [1.54, 1.807) is 7.11 Å². The monoisotopic (exact) mass is 330 g/mol. The normalized spacial score (nSPS) is 16.3. The lowest BCUT2D eigenvalue weighted by Gasteiger charge is -2.33. The first-order valence-corrected chi connectivity index (χ1v) is 8.49. The SMILES string of the molecule is COc1cccc(CN2CCC(Nc3ccccc3Cl)CC2)c1. The highest BCUT2D eigenvalue weighted by atomic mass is 35.5. The van der Waals surface area contributed by atoms with E-state index in [1.165, 1.54) is 5.56 Å². The van der Waals surface area contributed by atoms with E-state index in [-0.39, 0.29) is 0 Å². The zero-order valence-electron chi connectivity index (χ0n) is 13.5. The predicted molar refractivity (Wildman–Crippen MR) is 96.4 cm³/mol. The molecule has 23 heavy (non-hydrogen) atoms. The summed E-state index contributed by atoms with van der Waals surface area (Å²) in [5, 5.41) is 4.37. The molecule has 0 unspecified atom stereocenters. The lowest BCUT2D eigenvalue weighted by molar-refractivity contribution is 0.211. The van der Waals surface area contributed by atoms with Gasteiger partial charge in [-0.3, -0.25) is 4.90 Å². The van der Waals surface area contributed by atoms with Crippen LogP contribution in [0.4, 0.5) is 5.69 Å². The largest absolute Gasteiger partial charge is 0.497 e. The number of para-hydroxylation sites is 1. The molecule has 2 aromatic rings. The van der Waals surface area contributed by atoms with Crippen LogP contribution < -0.4 is 10.1 Å². The topological polar surface area (TPSA) is 24.5 Å². The Morgan fingerprint density at radius 3 is 2.65 bits per heavy atom. The summed E-state index contributed by atoms with van der Waals surface area (Å²) in [6.07, 6.45) is 2.27. The number of anilines is 1. The number of rotatable bonds is 5. The Morgan fingerprint density at radius 2 is 1.91 bits per heavy atom. The molecule has 1 saturated heterocycles. The molecule has 0 bridgehead atoms. The third-order valence-electron chi connectivity index (χ3n) is 4.36. The number of benzene rings is 2. The number of hydrogen-bond donors (Lipinski definition) is 1. The van der Waals surface area contributed by atoms with Crippen molar-refractivity contribution in [2.24, 2.45) is 0 Å². The minimum absolute atomic E-state index is 0.497. The molecule has 3 nitrogen and oxygen atoms in total. The second kappa shape index (κ2) is 7.71. The van der Waals surface area contributed by atoms with E-state index < -0.39 is 0 Å².